The number of phosphoric ester groups is 1. The van der Waals surface area contributed by atoms with E-state index in [9.17, 15) is 14.2 Å². The Hall–Kier alpha value is -0.950. The van der Waals surface area contributed by atoms with Gasteiger partial charge in [-0.15, -0.1) is 0 Å². The van der Waals surface area contributed by atoms with Crippen molar-refractivity contribution in [2.75, 3.05) is 13.2 Å². The maximum Gasteiger partial charge on any atom is 0.469 e. The third-order valence-corrected chi connectivity index (χ3v) is 11.1. The van der Waals surface area contributed by atoms with Crippen molar-refractivity contribution in [1.29, 1.82) is 0 Å². The van der Waals surface area contributed by atoms with Crippen molar-refractivity contribution in [3.8, 4) is 0 Å². The maximum atomic E-state index is 12.4. The number of ether oxygens (including phenoxy) is 2. The minimum absolute atomic E-state index is 0.221. The number of rotatable bonds is 44. The second-order valence-corrected chi connectivity index (χ2v) is 17.3. The van der Waals surface area contributed by atoms with E-state index >= 15 is 0 Å². The molecule has 0 aliphatic heterocycles. The van der Waals surface area contributed by atoms with Crippen molar-refractivity contribution in [3.05, 3.63) is 0 Å². The summed E-state index contributed by atoms with van der Waals surface area (Å²) in [5.74, 6) is -0.865. The highest BCUT2D eigenvalue weighted by atomic mass is 31.2. The molecule has 0 rings (SSSR count). The lowest BCUT2D eigenvalue weighted by Gasteiger charge is -2.18. The lowest BCUT2D eigenvalue weighted by Crippen LogP contribution is -2.29. The standard InChI is InChI=1S/C45H89O8P/c1-3-5-7-9-11-13-15-17-19-20-21-22-23-24-25-26-28-30-32-34-36-38-40-45(47)53-43(42-52-54(48,49)50)41-51-44(46)39-37-35-33-31-29-27-18-16-14-12-10-8-6-4-2/h43H,3-42H2,1-2H3,(H2,48,49,50). The van der Waals surface area contributed by atoms with E-state index in [0.29, 0.717) is 6.42 Å². The summed E-state index contributed by atoms with van der Waals surface area (Å²) in [4.78, 5) is 42.9. The summed E-state index contributed by atoms with van der Waals surface area (Å²) in [6, 6.07) is 0. The Morgan fingerprint density at radius 3 is 0.944 bits per heavy atom. The van der Waals surface area contributed by atoms with Crippen LogP contribution >= 0.6 is 7.82 Å². The smallest absolute Gasteiger partial charge is 0.462 e. The van der Waals surface area contributed by atoms with Gasteiger partial charge in [0.2, 0.25) is 0 Å². The lowest BCUT2D eigenvalue weighted by atomic mass is 10.0. The normalized spacial score (nSPS) is 12.3. The molecule has 0 saturated carbocycles. The molecule has 0 saturated heterocycles. The third-order valence-electron chi connectivity index (χ3n) is 10.6. The maximum absolute atomic E-state index is 12.4. The van der Waals surface area contributed by atoms with E-state index in [1.807, 2.05) is 0 Å². The van der Waals surface area contributed by atoms with Gasteiger partial charge in [0.25, 0.3) is 0 Å². The highest BCUT2D eigenvalue weighted by Gasteiger charge is 2.23. The Kier molecular flexibility index (Phi) is 40.9. The Balaban J connectivity index is 3.78. The lowest BCUT2D eigenvalue weighted by molar-refractivity contribution is -0.161. The van der Waals surface area contributed by atoms with Crippen molar-refractivity contribution in [1.82, 2.24) is 0 Å². The molecular weight excluding hydrogens is 699 g/mol. The molecule has 8 nitrogen and oxygen atoms in total. The molecule has 0 aromatic rings. The molecule has 0 amide bonds. The van der Waals surface area contributed by atoms with Crippen molar-refractivity contribution < 1.29 is 37.9 Å². The van der Waals surface area contributed by atoms with Gasteiger partial charge in [-0.05, 0) is 12.8 Å². The van der Waals surface area contributed by atoms with Gasteiger partial charge in [0.05, 0.1) is 6.61 Å². The summed E-state index contributed by atoms with van der Waals surface area (Å²) >= 11 is 0. The summed E-state index contributed by atoms with van der Waals surface area (Å²) in [7, 11) is -4.75. The summed E-state index contributed by atoms with van der Waals surface area (Å²) in [6.45, 7) is 3.73. The molecule has 9 heteroatoms. The number of carbonyl (C=O) groups is 2. The first-order valence-corrected chi connectivity index (χ1v) is 24.9. The third kappa shape index (κ3) is 43.8. The van der Waals surface area contributed by atoms with Crippen LogP contribution in [0.15, 0.2) is 0 Å². The highest BCUT2D eigenvalue weighted by Crippen LogP contribution is 2.36. The van der Waals surface area contributed by atoms with Crippen molar-refractivity contribution >= 4 is 19.8 Å². The van der Waals surface area contributed by atoms with Gasteiger partial charge in [-0.1, -0.05) is 232 Å². The number of unbranched alkanes of at least 4 members (excludes halogenated alkanes) is 34. The van der Waals surface area contributed by atoms with Gasteiger partial charge in [0.1, 0.15) is 6.61 Å². The largest absolute Gasteiger partial charge is 0.469 e. The summed E-state index contributed by atoms with van der Waals surface area (Å²) in [6.07, 6.45) is 45.5. The number of hydrogen-bond donors (Lipinski definition) is 2. The van der Waals surface area contributed by atoms with Crippen LogP contribution in [-0.4, -0.2) is 41.0 Å². The molecule has 0 aliphatic carbocycles. The quantitative estimate of drug-likeness (QED) is 0.0356. The molecule has 0 aliphatic rings. The molecule has 0 heterocycles. The first-order chi connectivity index (χ1) is 26.3. The number of hydrogen-bond acceptors (Lipinski definition) is 6. The molecule has 54 heavy (non-hydrogen) atoms. The topological polar surface area (TPSA) is 119 Å². The average molecular weight is 789 g/mol. The molecule has 0 aromatic carbocycles. The fourth-order valence-electron chi connectivity index (χ4n) is 7.14. The Morgan fingerprint density at radius 1 is 0.407 bits per heavy atom. The first kappa shape index (κ1) is 53.0. The fraction of sp³-hybridized carbons (Fsp3) is 0.956. The Morgan fingerprint density at radius 2 is 0.667 bits per heavy atom. The monoisotopic (exact) mass is 789 g/mol. The van der Waals surface area contributed by atoms with E-state index < -0.39 is 32.5 Å². The molecule has 0 radical (unpaired) electrons. The van der Waals surface area contributed by atoms with Gasteiger partial charge < -0.3 is 19.3 Å². The van der Waals surface area contributed by atoms with Gasteiger partial charge in [-0.2, -0.15) is 0 Å². The average Bonchev–Trinajstić information content (AvgIpc) is 3.14. The van der Waals surface area contributed by atoms with Crippen LogP contribution in [0.4, 0.5) is 0 Å². The molecule has 0 aromatic heterocycles. The molecule has 322 valence electrons. The predicted octanol–water partition coefficient (Wildman–Crippen LogP) is 14.4. The molecule has 0 fully saturated rings. The van der Waals surface area contributed by atoms with Crippen LogP contribution in [0.3, 0.4) is 0 Å². The second kappa shape index (κ2) is 41.7. The number of esters is 2. The molecule has 1 atom stereocenters. The molecule has 2 N–H and O–H groups in total. The minimum Gasteiger partial charge on any atom is -0.462 e. The minimum atomic E-state index is -4.75. The van der Waals surface area contributed by atoms with Crippen LogP contribution in [0, 0.1) is 0 Å². The van der Waals surface area contributed by atoms with Crippen LogP contribution in [0.1, 0.15) is 258 Å². The van der Waals surface area contributed by atoms with E-state index in [0.717, 1.165) is 32.1 Å². The van der Waals surface area contributed by atoms with E-state index in [-0.39, 0.29) is 19.4 Å². The summed E-state index contributed by atoms with van der Waals surface area (Å²) in [5, 5.41) is 0. The van der Waals surface area contributed by atoms with Gasteiger partial charge in [-0.3, -0.25) is 14.1 Å². The molecule has 1 unspecified atom stereocenters. The van der Waals surface area contributed by atoms with Gasteiger partial charge in [-0.25, -0.2) is 4.57 Å². The van der Waals surface area contributed by atoms with Crippen LogP contribution in [0.25, 0.3) is 0 Å². The second-order valence-electron chi connectivity index (χ2n) is 16.1. The van der Waals surface area contributed by atoms with Crippen LogP contribution in [0.5, 0.6) is 0 Å². The zero-order valence-corrected chi connectivity index (χ0v) is 36.5. The molecule has 0 bridgehead atoms. The number of carbonyl (C=O) groups excluding carboxylic acids is 2. The van der Waals surface area contributed by atoms with E-state index in [1.165, 1.54) is 193 Å². The SMILES string of the molecule is CCCCCCCCCCCCCCCCCCCCCCCCC(=O)OC(COC(=O)CCCCCCCCCCCCCCCC)COP(=O)(O)O. The molecular formula is C45H89O8P. The zero-order valence-electron chi connectivity index (χ0n) is 35.7. The van der Waals surface area contributed by atoms with Gasteiger partial charge >= 0.3 is 19.8 Å². The van der Waals surface area contributed by atoms with Crippen LogP contribution in [-0.2, 0) is 28.2 Å². The van der Waals surface area contributed by atoms with Crippen molar-refractivity contribution in [2.24, 2.45) is 0 Å². The van der Waals surface area contributed by atoms with Gasteiger partial charge in [0, 0.05) is 12.8 Å². The first-order valence-electron chi connectivity index (χ1n) is 23.3. The van der Waals surface area contributed by atoms with Gasteiger partial charge in [0.15, 0.2) is 6.10 Å². The van der Waals surface area contributed by atoms with Crippen LogP contribution < -0.4 is 0 Å². The predicted molar refractivity (Wildman–Crippen MR) is 226 cm³/mol. The Bertz CT molecular complexity index is 848. The summed E-state index contributed by atoms with van der Waals surface area (Å²) < 4.78 is 26.5. The van der Waals surface area contributed by atoms with Crippen molar-refractivity contribution in [3.63, 3.8) is 0 Å². The number of phosphoric acid groups is 1. The van der Waals surface area contributed by atoms with E-state index in [4.69, 9.17) is 19.3 Å². The highest BCUT2D eigenvalue weighted by molar-refractivity contribution is 7.46. The zero-order chi connectivity index (χ0) is 39.6. The Labute approximate surface area is 334 Å². The summed E-state index contributed by atoms with van der Waals surface area (Å²) in [5.41, 5.74) is 0. The molecule has 0 spiro atoms. The van der Waals surface area contributed by atoms with E-state index in [1.54, 1.807) is 0 Å². The fourth-order valence-corrected chi connectivity index (χ4v) is 7.50. The van der Waals surface area contributed by atoms with Crippen LogP contribution in [0.2, 0.25) is 0 Å². The van der Waals surface area contributed by atoms with E-state index in [2.05, 4.69) is 18.4 Å². The van der Waals surface area contributed by atoms with Crippen molar-refractivity contribution in [2.45, 2.75) is 264 Å².